The molecule has 3 rings (SSSR count). The van der Waals surface area contributed by atoms with Crippen molar-refractivity contribution < 1.29 is 4.79 Å². The van der Waals surface area contributed by atoms with Gasteiger partial charge in [0.2, 0.25) is 0 Å². The number of carbonyl (C=O) groups is 1. The van der Waals surface area contributed by atoms with Crippen LogP contribution >= 0.6 is 22.9 Å². The van der Waals surface area contributed by atoms with Crippen LogP contribution in [0.5, 0.6) is 0 Å². The molecule has 4 heteroatoms. The molecule has 0 radical (unpaired) electrons. The highest BCUT2D eigenvalue weighted by Crippen LogP contribution is 2.45. The predicted octanol–water partition coefficient (Wildman–Crippen LogP) is 4.14. The zero-order valence-corrected chi connectivity index (χ0v) is 11.3. The molecule has 0 spiro atoms. The summed E-state index contributed by atoms with van der Waals surface area (Å²) in [5, 5.41) is 2.52. The van der Waals surface area contributed by atoms with Crippen molar-refractivity contribution in [2.45, 2.75) is 0 Å². The number of hydrogen-bond acceptors (Lipinski definition) is 3. The van der Waals surface area contributed by atoms with Crippen molar-refractivity contribution in [2.24, 2.45) is 0 Å². The van der Waals surface area contributed by atoms with Crippen LogP contribution in [-0.2, 0) is 4.79 Å². The molecule has 0 bridgehead atoms. The lowest BCUT2D eigenvalue weighted by atomic mass is 10.0. The molecule has 18 heavy (non-hydrogen) atoms. The van der Waals surface area contributed by atoms with E-state index >= 15 is 0 Å². The molecule has 0 saturated carbocycles. The second kappa shape index (κ2) is 4.26. The third-order valence-corrected chi connectivity index (χ3v) is 4.54. The van der Waals surface area contributed by atoms with E-state index in [2.05, 4.69) is 4.90 Å². The van der Waals surface area contributed by atoms with Crippen LogP contribution in [0.15, 0.2) is 35.7 Å². The van der Waals surface area contributed by atoms with Crippen molar-refractivity contribution >= 4 is 51.2 Å². The molecule has 0 aliphatic carbocycles. The second-order valence-corrected chi connectivity index (χ2v) is 5.35. The van der Waals surface area contributed by atoms with E-state index in [-0.39, 0.29) is 0 Å². The van der Waals surface area contributed by atoms with Crippen LogP contribution in [0.2, 0.25) is 0 Å². The van der Waals surface area contributed by atoms with Crippen molar-refractivity contribution in [3.05, 3.63) is 46.2 Å². The summed E-state index contributed by atoms with van der Waals surface area (Å²) in [5.41, 5.74) is 3.47. The molecule has 1 aliphatic rings. The molecule has 0 N–H and O–H groups in total. The summed E-state index contributed by atoms with van der Waals surface area (Å²) in [6.07, 6.45) is 0.837. The van der Waals surface area contributed by atoms with Crippen molar-refractivity contribution in [1.82, 2.24) is 0 Å². The Hall–Kier alpha value is -1.58. The first-order valence-corrected chi connectivity index (χ1v) is 6.75. The van der Waals surface area contributed by atoms with Crippen LogP contribution < -0.4 is 4.90 Å². The molecule has 1 aromatic heterocycles. The number of thiophene rings is 1. The molecule has 0 amide bonds. The van der Waals surface area contributed by atoms with Crippen LogP contribution in [0.3, 0.4) is 0 Å². The van der Waals surface area contributed by atoms with Crippen LogP contribution in [0, 0.1) is 0 Å². The van der Waals surface area contributed by atoms with Crippen LogP contribution in [0.4, 0.5) is 11.4 Å². The summed E-state index contributed by atoms with van der Waals surface area (Å²) in [6.45, 7) is 0. The molecule has 90 valence electrons. The maximum absolute atomic E-state index is 11.4. The third-order valence-electron chi connectivity index (χ3n) is 3.12. The first-order valence-electron chi connectivity index (χ1n) is 5.50. The number of rotatable bonds is 1. The predicted molar refractivity (Wildman–Crippen MR) is 77.6 cm³/mol. The summed E-state index contributed by atoms with van der Waals surface area (Å²) in [6, 6.07) is 9.82. The molecular weight excluding hydrogens is 266 g/mol. The Morgan fingerprint density at radius 3 is 2.78 bits per heavy atom. The standard InChI is InChI=1S/C14H10ClNOS/c1-16-11-5-3-2-4-9(11)10(8-17)13(15)14-12(16)6-7-18-14/h2-8H,1H3. The number of para-hydroxylation sites is 1. The lowest BCUT2D eigenvalue weighted by Crippen LogP contribution is -2.10. The number of hydrogen-bond donors (Lipinski definition) is 0. The Balaban J connectivity index is 2.41. The maximum Gasteiger partial charge on any atom is 0.152 e. The Morgan fingerprint density at radius 1 is 1.22 bits per heavy atom. The fraction of sp³-hybridized carbons (Fsp3) is 0.0714. The van der Waals surface area contributed by atoms with E-state index in [9.17, 15) is 4.79 Å². The van der Waals surface area contributed by atoms with Gasteiger partial charge in [-0.05, 0) is 17.5 Å². The highest BCUT2D eigenvalue weighted by molar-refractivity contribution is 7.12. The number of anilines is 2. The van der Waals surface area contributed by atoms with Gasteiger partial charge in [-0.15, -0.1) is 11.3 Å². The zero-order valence-electron chi connectivity index (χ0n) is 9.68. The summed E-state index contributed by atoms with van der Waals surface area (Å²) < 4.78 is 0. The maximum atomic E-state index is 11.4. The minimum atomic E-state index is 0.534. The van der Waals surface area contributed by atoms with Gasteiger partial charge in [0.05, 0.1) is 15.6 Å². The lowest BCUT2D eigenvalue weighted by molar-refractivity contribution is -0.103. The highest BCUT2D eigenvalue weighted by atomic mass is 35.5. The first-order chi connectivity index (χ1) is 8.74. The largest absolute Gasteiger partial charge is 0.343 e. The quantitative estimate of drug-likeness (QED) is 0.729. The average molecular weight is 276 g/mol. The van der Waals surface area contributed by atoms with Gasteiger partial charge in [-0.25, -0.2) is 0 Å². The van der Waals surface area contributed by atoms with E-state index in [4.69, 9.17) is 11.6 Å². The van der Waals surface area contributed by atoms with E-state index in [0.717, 1.165) is 28.1 Å². The zero-order chi connectivity index (χ0) is 12.7. The van der Waals surface area contributed by atoms with Crippen LogP contribution in [0.1, 0.15) is 10.4 Å². The monoisotopic (exact) mass is 275 g/mol. The summed E-state index contributed by atoms with van der Waals surface area (Å²) >= 11 is 7.93. The molecule has 0 fully saturated rings. The van der Waals surface area contributed by atoms with Gasteiger partial charge in [0.25, 0.3) is 0 Å². The van der Waals surface area contributed by atoms with E-state index in [1.807, 2.05) is 42.8 Å². The van der Waals surface area contributed by atoms with Gasteiger partial charge in [-0.1, -0.05) is 29.8 Å². The van der Waals surface area contributed by atoms with E-state index < -0.39 is 0 Å². The van der Waals surface area contributed by atoms with Crippen molar-refractivity contribution in [3.63, 3.8) is 0 Å². The number of halogens is 1. The van der Waals surface area contributed by atoms with Gasteiger partial charge in [-0.2, -0.15) is 0 Å². The van der Waals surface area contributed by atoms with Crippen molar-refractivity contribution in [3.8, 4) is 0 Å². The fourth-order valence-electron chi connectivity index (χ4n) is 2.21. The molecule has 2 heterocycles. The van der Waals surface area contributed by atoms with Crippen LogP contribution in [-0.4, -0.2) is 13.3 Å². The van der Waals surface area contributed by atoms with Gasteiger partial charge < -0.3 is 4.90 Å². The number of fused-ring (bicyclic) bond motifs is 2. The second-order valence-electron chi connectivity index (χ2n) is 4.06. The molecule has 1 aromatic carbocycles. The number of benzene rings is 1. The Labute approximate surface area is 114 Å². The third kappa shape index (κ3) is 1.51. The molecule has 2 aromatic rings. The SMILES string of the molecule is CN1c2ccccc2C(C=O)=C(Cl)c2sccc21. The van der Waals surface area contributed by atoms with E-state index in [1.165, 1.54) is 0 Å². The number of allylic oxidation sites excluding steroid dienone is 1. The van der Waals surface area contributed by atoms with Gasteiger partial charge in [0, 0.05) is 23.9 Å². The molecule has 1 aliphatic heterocycles. The van der Waals surface area contributed by atoms with E-state index in [0.29, 0.717) is 10.6 Å². The van der Waals surface area contributed by atoms with E-state index in [1.54, 1.807) is 11.3 Å². The van der Waals surface area contributed by atoms with Crippen molar-refractivity contribution in [1.29, 1.82) is 0 Å². The molecular formula is C14H10ClNOS. The Kier molecular flexibility index (Phi) is 2.73. The fourth-order valence-corrected chi connectivity index (χ4v) is 3.46. The van der Waals surface area contributed by atoms with Gasteiger partial charge in [-0.3, -0.25) is 4.79 Å². The van der Waals surface area contributed by atoms with Crippen LogP contribution in [0.25, 0.3) is 10.6 Å². The molecule has 0 saturated heterocycles. The van der Waals surface area contributed by atoms with Gasteiger partial charge >= 0.3 is 0 Å². The first kappa shape index (κ1) is 11.5. The number of aldehydes is 1. The summed E-state index contributed by atoms with van der Waals surface area (Å²) in [4.78, 5) is 14.4. The topological polar surface area (TPSA) is 20.3 Å². The lowest BCUT2D eigenvalue weighted by Gasteiger charge is -2.19. The molecule has 0 unspecified atom stereocenters. The minimum absolute atomic E-state index is 0.534. The molecule has 2 nitrogen and oxygen atoms in total. The Bertz CT molecular complexity index is 659. The Morgan fingerprint density at radius 2 is 2.00 bits per heavy atom. The van der Waals surface area contributed by atoms with Crippen molar-refractivity contribution in [2.75, 3.05) is 11.9 Å². The number of nitrogens with zero attached hydrogens (tertiary/aromatic N) is 1. The molecule has 0 atom stereocenters. The number of carbonyl (C=O) groups excluding carboxylic acids is 1. The van der Waals surface area contributed by atoms with Gasteiger partial charge in [0.1, 0.15) is 0 Å². The van der Waals surface area contributed by atoms with Gasteiger partial charge in [0.15, 0.2) is 6.29 Å². The normalized spacial score (nSPS) is 14.0. The highest BCUT2D eigenvalue weighted by Gasteiger charge is 2.24. The summed E-state index contributed by atoms with van der Waals surface area (Å²) in [5.74, 6) is 0. The summed E-state index contributed by atoms with van der Waals surface area (Å²) in [7, 11) is 1.99. The smallest absolute Gasteiger partial charge is 0.152 e. The minimum Gasteiger partial charge on any atom is -0.343 e. The average Bonchev–Trinajstić information content (AvgIpc) is 2.85.